The first-order valence-electron chi connectivity index (χ1n) is 7.47. The largest absolute Gasteiger partial charge is 0.440 e. The second-order valence-corrected chi connectivity index (χ2v) is 7.05. The molecule has 114 valence electrons. The van der Waals surface area contributed by atoms with E-state index in [1.807, 2.05) is 31.5 Å². The van der Waals surface area contributed by atoms with Gasteiger partial charge in [-0.2, -0.15) is 0 Å². The molecule has 0 bridgehead atoms. The fraction of sp³-hybridized carbons (Fsp3) is 0.562. The summed E-state index contributed by atoms with van der Waals surface area (Å²) in [6.45, 7) is 3.37. The molecule has 21 heavy (non-hydrogen) atoms. The maximum atomic E-state index is 10.5. The molecule has 1 aliphatic carbocycles. The molecule has 1 fully saturated rings. The smallest absolute Gasteiger partial charge is 0.236 e. The van der Waals surface area contributed by atoms with E-state index in [1.165, 1.54) is 0 Å². The summed E-state index contributed by atoms with van der Waals surface area (Å²) in [4.78, 5) is 7.81. The van der Waals surface area contributed by atoms with Crippen LogP contribution in [0.25, 0.3) is 10.8 Å². The lowest BCUT2D eigenvalue weighted by Gasteiger charge is -2.28. The Morgan fingerprint density at radius 3 is 2.86 bits per heavy atom. The Labute approximate surface area is 129 Å². The summed E-state index contributed by atoms with van der Waals surface area (Å²) in [6.07, 6.45) is 4.09. The molecular formula is C16H22N2O2S. The SMILES string of the molecule is Cc1oc(-c2cccs2)nc1CN(C)CC1(O)CCCC1. The van der Waals surface area contributed by atoms with E-state index in [2.05, 4.69) is 9.88 Å². The molecular weight excluding hydrogens is 284 g/mol. The highest BCUT2D eigenvalue weighted by atomic mass is 32.1. The van der Waals surface area contributed by atoms with Crippen molar-refractivity contribution in [1.82, 2.24) is 9.88 Å². The number of thiophene rings is 1. The Bertz CT molecular complexity index is 585. The predicted octanol–water partition coefficient (Wildman–Crippen LogP) is 3.45. The highest BCUT2D eigenvalue weighted by molar-refractivity contribution is 7.13. The Morgan fingerprint density at radius 1 is 1.43 bits per heavy atom. The van der Waals surface area contributed by atoms with Crippen LogP contribution < -0.4 is 0 Å². The third-order valence-electron chi connectivity index (χ3n) is 4.14. The topological polar surface area (TPSA) is 49.5 Å². The molecule has 0 spiro atoms. The van der Waals surface area contributed by atoms with Gasteiger partial charge in [-0.3, -0.25) is 4.90 Å². The number of hydrogen-bond donors (Lipinski definition) is 1. The maximum absolute atomic E-state index is 10.5. The number of likely N-dealkylation sites (N-methyl/N-ethyl adjacent to an activating group) is 1. The van der Waals surface area contributed by atoms with Crippen LogP contribution in [0.4, 0.5) is 0 Å². The highest BCUT2D eigenvalue weighted by Crippen LogP contribution is 2.31. The molecule has 0 aliphatic heterocycles. The molecule has 0 unspecified atom stereocenters. The summed E-state index contributed by atoms with van der Waals surface area (Å²) in [5.41, 5.74) is 0.450. The third kappa shape index (κ3) is 3.36. The predicted molar refractivity (Wildman–Crippen MR) is 84.3 cm³/mol. The zero-order chi connectivity index (χ0) is 14.9. The molecule has 0 atom stereocenters. The van der Waals surface area contributed by atoms with Crippen LogP contribution in [0.3, 0.4) is 0 Å². The number of aromatic nitrogens is 1. The fourth-order valence-corrected chi connectivity index (χ4v) is 3.73. The van der Waals surface area contributed by atoms with Gasteiger partial charge in [-0.05, 0) is 38.3 Å². The van der Waals surface area contributed by atoms with Crippen molar-refractivity contribution < 1.29 is 9.52 Å². The van der Waals surface area contributed by atoms with Crippen LogP contribution in [0.2, 0.25) is 0 Å². The molecule has 1 N–H and O–H groups in total. The number of oxazole rings is 1. The average molecular weight is 306 g/mol. The van der Waals surface area contributed by atoms with E-state index in [-0.39, 0.29) is 0 Å². The number of rotatable bonds is 5. The fourth-order valence-electron chi connectivity index (χ4n) is 3.09. The van der Waals surface area contributed by atoms with Crippen LogP contribution in [0, 0.1) is 6.92 Å². The molecule has 1 aliphatic rings. The summed E-state index contributed by atoms with van der Waals surface area (Å²) in [6, 6.07) is 4.02. The van der Waals surface area contributed by atoms with E-state index in [0.29, 0.717) is 19.0 Å². The molecule has 5 heteroatoms. The van der Waals surface area contributed by atoms with Gasteiger partial charge in [0.15, 0.2) is 0 Å². The van der Waals surface area contributed by atoms with Gasteiger partial charge in [0.05, 0.1) is 16.2 Å². The van der Waals surface area contributed by atoms with E-state index in [0.717, 1.165) is 42.0 Å². The van der Waals surface area contributed by atoms with Gasteiger partial charge in [-0.25, -0.2) is 4.98 Å². The molecule has 2 aromatic rings. The van der Waals surface area contributed by atoms with Crippen molar-refractivity contribution >= 4 is 11.3 Å². The minimum absolute atomic E-state index is 0.511. The quantitative estimate of drug-likeness (QED) is 0.919. The van der Waals surface area contributed by atoms with Crippen LogP contribution in [-0.2, 0) is 6.54 Å². The van der Waals surface area contributed by atoms with E-state index in [9.17, 15) is 5.11 Å². The Hall–Kier alpha value is -1.17. The molecule has 1 saturated carbocycles. The lowest BCUT2D eigenvalue weighted by atomic mass is 10.0. The Morgan fingerprint density at radius 2 is 2.19 bits per heavy atom. The van der Waals surface area contributed by atoms with Crippen LogP contribution in [0.15, 0.2) is 21.9 Å². The average Bonchev–Trinajstić information content (AvgIpc) is 3.12. The molecule has 0 aromatic carbocycles. The van der Waals surface area contributed by atoms with Gasteiger partial charge in [0.2, 0.25) is 5.89 Å². The first-order valence-corrected chi connectivity index (χ1v) is 8.35. The van der Waals surface area contributed by atoms with Crippen molar-refractivity contribution in [2.45, 2.75) is 44.8 Å². The second-order valence-electron chi connectivity index (χ2n) is 6.10. The minimum Gasteiger partial charge on any atom is -0.440 e. The Balaban J connectivity index is 1.67. The van der Waals surface area contributed by atoms with Crippen molar-refractivity contribution in [3.63, 3.8) is 0 Å². The van der Waals surface area contributed by atoms with Gasteiger partial charge < -0.3 is 9.52 Å². The van der Waals surface area contributed by atoms with Gasteiger partial charge in [-0.1, -0.05) is 18.9 Å². The van der Waals surface area contributed by atoms with E-state index >= 15 is 0 Å². The van der Waals surface area contributed by atoms with E-state index in [1.54, 1.807) is 11.3 Å². The summed E-state index contributed by atoms with van der Waals surface area (Å²) in [5, 5.41) is 12.5. The van der Waals surface area contributed by atoms with Gasteiger partial charge >= 0.3 is 0 Å². The molecule has 0 radical (unpaired) electrons. The lowest BCUT2D eigenvalue weighted by molar-refractivity contribution is 0.0142. The second kappa shape index (κ2) is 5.91. The number of nitrogens with zero attached hydrogens (tertiary/aromatic N) is 2. The summed E-state index contributed by atoms with van der Waals surface area (Å²) in [7, 11) is 2.04. The molecule has 0 amide bonds. The summed E-state index contributed by atoms with van der Waals surface area (Å²) >= 11 is 1.63. The Kier molecular flexibility index (Phi) is 4.15. The van der Waals surface area contributed by atoms with Crippen LogP contribution in [0.5, 0.6) is 0 Å². The monoisotopic (exact) mass is 306 g/mol. The normalized spacial score (nSPS) is 17.7. The standard InChI is InChI=1S/C16H22N2O2S/c1-12-13(17-15(20-12)14-6-5-9-21-14)10-18(2)11-16(19)7-3-4-8-16/h5-6,9,19H,3-4,7-8,10-11H2,1-2H3. The number of aryl methyl sites for hydroxylation is 1. The molecule has 3 rings (SSSR count). The third-order valence-corrected chi connectivity index (χ3v) is 5.00. The number of hydrogen-bond acceptors (Lipinski definition) is 5. The first kappa shape index (κ1) is 14.8. The van der Waals surface area contributed by atoms with Gasteiger partial charge in [0.25, 0.3) is 0 Å². The van der Waals surface area contributed by atoms with Gasteiger partial charge in [0, 0.05) is 13.1 Å². The minimum atomic E-state index is -0.511. The zero-order valence-corrected chi connectivity index (χ0v) is 13.4. The highest BCUT2D eigenvalue weighted by Gasteiger charge is 2.32. The summed E-state index contributed by atoms with van der Waals surface area (Å²) in [5.74, 6) is 1.56. The van der Waals surface area contributed by atoms with Crippen LogP contribution in [-0.4, -0.2) is 34.2 Å². The van der Waals surface area contributed by atoms with E-state index in [4.69, 9.17) is 4.42 Å². The van der Waals surface area contributed by atoms with Gasteiger partial charge in [-0.15, -0.1) is 11.3 Å². The van der Waals surface area contributed by atoms with Crippen molar-refractivity contribution in [1.29, 1.82) is 0 Å². The lowest BCUT2D eigenvalue weighted by Crippen LogP contribution is -2.38. The number of aliphatic hydroxyl groups is 1. The van der Waals surface area contributed by atoms with Crippen molar-refractivity contribution in [2.75, 3.05) is 13.6 Å². The molecule has 2 aromatic heterocycles. The summed E-state index contributed by atoms with van der Waals surface area (Å²) < 4.78 is 5.77. The van der Waals surface area contributed by atoms with Gasteiger partial charge in [0.1, 0.15) is 5.76 Å². The van der Waals surface area contributed by atoms with Crippen molar-refractivity contribution in [3.8, 4) is 10.8 Å². The van der Waals surface area contributed by atoms with Crippen LogP contribution >= 0.6 is 11.3 Å². The molecule has 4 nitrogen and oxygen atoms in total. The zero-order valence-electron chi connectivity index (χ0n) is 12.6. The van der Waals surface area contributed by atoms with Crippen LogP contribution in [0.1, 0.15) is 37.1 Å². The first-order chi connectivity index (χ1) is 10.1. The maximum Gasteiger partial charge on any atom is 0.236 e. The van der Waals surface area contributed by atoms with E-state index < -0.39 is 5.60 Å². The van der Waals surface area contributed by atoms with Crippen molar-refractivity contribution in [2.24, 2.45) is 0 Å². The molecule has 2 heterocycles. The van der Waals surface area contributed by atoms with Crippen molar-refractivity contribution in [3.05, 3.63) is 29.0 Å². The molecule has 0 saturated heterocycles.